The lowest BCUT2D eigenvalue weighted by Crippen LogP contribution is -2.37. The number of pyridine rings is 1. The Kier molecular flexibility index (Phi) is 10.6. The highest BCUT2D eigenvalue weighted by Gasteiger charge is 2.31. The number of morpholine rings is 1. The number of anilines is 4. The molecule has 1 aromatic carbocycles. The molecule has 1 saturated heterocycles. The molecule has 3 heterocycles. The van der Waals surface area contributed by atoms with Gasteiger partial charge in [0.2, 0.25) is 5.95 Å². The molecule has 2 aromatic heterocycles. The van der Waals surface area contributed by atoms with Gasteiger partial charge in [0.05, 0.1) is 48.8 Å². The van der Waals surface area contributed by atoms with Crippen molar-refractivity contribution in [2.75, 3.05) is 41.9 Å². The van der Waals surface area contributed by atoms with Gasteiger partial charge < -0.3 is 15.0 Å². The van der Waals surface area contributed by atoms with Crippen molar-refractivity contribution in [1.29, 1.82) is 0 Å². The zero-order valence-corrected chi connectivity index (χ0v) is 24.1. The van der Waals surface area contributed by atoms with Crippen molar-refractivity contribution >= 4 is 34.9 Å². The Bertz CT molecular complexity index is 1510. The van der Waals surface area contributed by atoms with Crippen molar-refractivity contribution in [3.8, 4) is 0 Å². The van der Waals surface area contributed by atoms with Crippen molar-refractivity contribution in [1.82, 2.24) is 15.0 Å². The van der Waals surface area contributed by atoms with E-state index in [-0.39, 0.29) is 17.5 Å². The van der Waals surface area contributed by atoms with Crippen molar-refractivity contribution in [2.45, 2.75) is 33.4 Å². The molecule has 4 rings (SSSR count). The van der Waals surface area contributed by atoms with E-state index in [0.29, 0.717) is 49.7 Å². The topological polar surface area (TPSA) is 87.6 Å². The number of nitrogens with zero attached hydrogens (tertiary/aromatic N) is 5. The molecule has 43 heavy (non-hydrogen) atoms. The summed E-state index contributed by atoms with van der Waals surface area (Å²) in [5, 5.41) is 7.11. The third-order valence-electron chi connectivity index (χ3n) is 6.30. The fourth-order valence-electron chi connectivity index (χ4n) is 4.13. The predicted octanol–water partition coefficient (Wildman–Crippen LogP) is 7.37. The SMILES string of the molecule is C/C=C\C/C(=C\C=C(C)C)c1cc(Nc2ccc(/C=N/Nc3ncc(F)c(N4CCOCC4)n3)nc2)cc(C(F)(F)F)c1. The Hall–Kier alpha value is -4.58. The summed E-state index contributed by atoms with van der Waals surface area (Å²) in [5.74, 6) is -0.249. The Morgan fingerprint density at radius 1 is 1.05 bits per heavy atom. The van der Waals surface area contributed by atoms with Gasteiger partial charge in [-0.1, -0.05) is 29.9 Å². The first-order valence-corrected chi connectivity index (χ1v) is 13.7. The van der Waals surface area contributed by atoms with Crippen LogP contribution in [0.2, 0.25) is 0 Å². The molecule has 0 amide bonds. The number of allylic oxidation sites excluding steroid dienone is 6. The molecule has 0 unspecified atom stereocenters. The normalized spacial score (nSPS) is 14.4. The van der Waals surface area contributed by atoms with E-state index in [2.05, 4.69) is 30.8 Å². The van der Waals surface area contributed by atoms with Gasteiger partial charge in [-0.15, -0.1) is 0 Å². The monoisotopic (exact) mass is 595 g/mol. The molecule has 0 bridgehead atoms. The maximum absolute atomic E-state index is 14.2. The first-order valence-electron chi connectivity index (χ1n) is 13.7. The standard InChI is InChI=1S/C31H33F4N7O/c1-4-5-6-22(8-7-21(2)3)23-15-24(31(33,34)35)17-27(16-23)39-26-10-9-25(36-18-26)19-38-41-30-37-20-28(32)29(40-30)42-11-13-43-14-12-42/h4-5,7-10,15-20,39H,6,11-14H2,1-3H3,(H,37,40,41)/b5-4-,22-8+,38-19+. The van der Waals surface area contributed by atoms with Crippen molar-refractivity contribution < 1.29 is 22.3 Å². The van der Waals surface area contributed by atoms with Gasteiger partial charge in [-0.2, -0.15) is 23.3 Å². The minimum absolute atomic E-state index is 0.116. The lowest BCUT2D eigenvalue weighted by molar-refractivity contribution is -0.137. The van der Waals surface area contributed by atoms with Crippen molar-refractivity contribution in [3.63, 3.8) is 0 Å². The zero-order valence-electron chi connectivity index (χ0n) is 24.1. The molecule has 8 nitrogen and oxygen atoms in total. The number of rotatable bonds is 10. The van der Waals surface area contributed by atoms with Gasteiger partial charge in [0.1, 0.15) is 0 Å². The zero-order chi connectivity index (χ0) is 30.8. The quantitative estimate of drug-likeness (QED) is 0.0832. The van der Waals surface area contributed by atoms with E-state index in [9.17, 15) is 17.6 Å². The van der Waals surface area contributed by atoms with Crippen LogP contribution >= 0.6 is 0 Å². The summed E-state index contributed by atoms with van der Waals surface area (Å²) in [5.41, 5.74) is 5.43. The van der Waals surface area contributed by atoms with Crippen molar-refractivity contribution in [2.24, 2.45) is 5.10 Å². The third kappa shape index (κ3) is 9.20. The molecule has 1 aliphatic rings. The minimum atomic E-state index is -4.52. The second-order valence-corrected chi connectivity index (χ2v) is 9.94. The fraction of sp³-hybridized carbons (Fsp3) is 0.290. The smallest absolute Gasteiger partial charge is 0.378 e. The molecule has 0 radical (unpaired) electrons. The summed E-state index contributed by atoms with van der Waals surface area (Å²) in [6.07, 6.45) is 7.47. The molecular formula is C31H33F4N7O. The number of benzene rings is 1. The minimum Gasteiger partial charge on any atom is -0.378 e. The van der Waals surface area contributed by atoms with E-state index < -0.39 is 17.6 Å². The van der Waals surface area contributed by atoms with Crippen LogP contribution < -0.4 is 15.6 Å². The Balaban J connectivity index is 1.49. The van der Waals surface area contributed by atoms with Crippen LogP contribution in [0.3, 0.4) is 0 Å². The van der Waals surface area contributed by atoms with Gasteiger partial charge in [-0.25, -0.2) is 14.8 Å². The van der Waals surface area contributed by atoms with Gasteiger partial charge in [0.15, 0.2) is 11.6 Å². The Morgan fingerprint density at radius 2 is 1.84 bits per heavy atom. The number of hydrogen-bond donors (Lipinski definition) is 2. The summed E-state index contributed by atoms with van der Waals surface area (Å²) < 4.78 is 61.0. The summed E-state index contributed by atoms with van der Waals surface area (Å²) in [6, 6.07) is 7.26. The van der Waals surface area contributed by atoms with E-state index in [4.69, 9.17) is 4.74 Å². The third-order valence-corrected chi connectivity index (χ3v) is 6.30. The van der Waals surface area contributed by atoms with Crippen LogP contribution in [0.15, 0.2) is 77.7 Å². The fourth-order valence-corrected chi connectivity index (χ4v) is 4.13. The van der Waals surface area contributed by atoms with Crippen molar-refractivity contribution in [3.05, 3.63) is 95.2 Å². The average molecular weight is 596 g/mol. The van der Waals surface area contributed by atoms with Crippen LogP contribution in [-0.4, -0.2) is 47.5 Å². The summed E-state index contributed by atoms with van der Waals surface area (Å²) in [7, 11) is 0. The molecule has 0 spiro atoms. The van der Waals surface area contributed by atoms with Crippen LogP contribution in [0.1, 0.15) is 44.0 Å². The number of hydrogen-bond acceptors (Lipinski definition) is 8. The number of hydrazone groups is 1. The van der Waals surface area contributed by atoms with Gasteiger partial charge >= 0.3 is 6.18 Å². The lowest BCUT2D eigenvalue weighted by Gasteiger charge is -2.27. The van der Waals surface area contributed by atoms with Gasteiger partial charge in [0, 0.05) is 18.8 Å². The average Bonchev–Trinajstić information content (AvgIpc) is 2.98. The number of halogens is 4. The maximum Gasteiger partial charge on any atom is 0.416 e. The van der Waals surface area contributed by atoms with E-state index in [1.807, 2.05) is 45.1 Å². The van der Waals surface area contributed by atoms with E-state index >= 15 is 0 Å². The highest BCUT2D eigenvalue weighted by Crippen LogP contribution is 2.35. The largest absolute Gasteiger partial charge is 0.416 e. The van der Waals surface area contributed by atoms with E-state index in [1.54, 1.807) is 23.1 Å². The van der Waals surface area contributed by atoms with Crippen LogP contribution in [-0.2, 0) is 10.9 Å². The molecule has 2 N–H and O–H groups in total. The highest BCUT2D eigenvalue weighted by molar-refractivity contribution is 5.78. The second kappa shape index (κ2) is 14.5. The molecule has 1 fully saturated rings. The first-order chi connectivity index (χ1) is 20.6. The molecule has 1 aliphatic heterocycles. The first kappa shape index (κ1) is 31.4. The summed E-state index contributed by atoms with van der Waals surface area (Å²) in [4.78, 5) is 14.2. The maximum atomic E-state index is 14.2. The molecular weight excluding hydrogens is 562 g/mol. The predicted molar refractivity (Wildman–Crippen MR) is 162 cm³/mol. The molecule has 0 atom stereocenters. The van der Waals surface area contributed by atoms with Crippen LogP contribution in [0, 0.1) is 5.82 Å². The highest BCUT2D eigenvalue weighted by atomic mass is 19.4. The lowest BCUT2D eigenvalue weighted by atomic mass is 9.98. The molecule has 226 valence electrons. The van der Waals surface area contributed by atoms with E-state index in [1.165, 1.54) is 18.5 Å². The molecule has 0 aliphatic carbocycles. The van der Waals surface area contributed by atoms with Crippen LogP contribution in [0.25, 0.3) is 5.57 Å². The van der Waals surface area contributed by atoms with E-state index in [0.717, 1.165) is 23.4 Å². The van der Waals surface area contributed by atoms with Crippen LogP contribution in [0.5, 0.6) is 0 Å². The van der Waals surface area contributed by atoms with Gasteiger partial charge in [0.25, 0.3) is 0 Å². The Labute approximate surface area is 247 Å². The number of alkyl halides is 3. The molecule has 3 aromatic rings. The van der Waals surface area contributed by atoms with Gasteiger partial charge in [-0.3, -0.25) is 4.98 Å². The number of nitrogens with one attached hydrogen (secondary N) is 2. The second-order valence-electron chi connectivity index (χ2n) is 9.94. The molecule has 0 saturated carbocycles. The van der Waals surface area contributed by atoms with Gasteiger partial charge in [-0.05, 0) is 68.7 Å². The van der Waals surface area contributed by atoms with Crippen LogP contribution in [0.4, 0.5) is 40.7 Å². The summed E-state index contributed by atoms with van der Waals surface area (Å²) in [6.45, 7) is 7.74. The number of aromatic nitrogens is 3. The Morgan fingerprint density at radius 3 is 2.51 bits per heavy atom. The molecule has 12 heteroatoms. The number of ether oxygens (including phenoxy) is 1. The summed E-state index contributed by atoms with van der Waals surface area (Å²) >= 11 is 0.